The van der Waals surface area contributed by atoms with E-state index in [4.69, 9.17) is 11.2 Å². The SMILES string of the molecule is C#CCOc1ccc(-c2nc3cnccc3[nH]2)c([S+](C)[O-])c1. The van der Waals surface area contributed by atoms with Gasteiger partial charge in [-0.05, 0) is 29.4 Å². The lowest BCUT2D eigenvalue weighted by molar-refractivity contribution is 0.369. The lowest BCUT2D eigenvalue weighted by atomic mass is 10.2. The molecular formula is C16H13N3O2S. The van der Waals surface area contributed by atoms with Crippen molar-refractivity contribution in [2.24, 2.45) is 0 Å². The number of hydrogen-bond donors (Lipinski definition) is 1. The first-order chi connectivity index (χ1) is 10.7. The van der Waals surface area contributed by atoms with Crippen LogP contribution in [0.5, 0.6) is 5.75 Å². The second kappa shape index (κ2) is 6.10. The van der Waals surface area contributed by atoms with Gasteiger partial charge in [-0.1, -0.05) is 5.92 Å². The average molecular weight is 311 g/mol. The van der Waals surface area contributed by atoms with Gasteiger partial charge >= 0.3 is 0 Å². The first-order valence-corrected chi connectivity index (χ1v) is 8.08. The predicted octanol–water partition coefficient (Wildman–Crippen LogP) is 2.37. The zero-order valence-electron chi connectivity index (χ0n) is 11.9. The number of benzene rings is 1. The molecule has 0 bridgehead atoms. The maximum Gasteiger partial charge on any atom is 0.167 e. The summed E-state index contributed by atoms with van der Waals surface area (Å²) in [4.78, 5) is 12.4. The Morgan fingerprint density at radius 3 is 3.00 bits per heavy atom. The first-order valence-electron chi connectivity index (χ1n) is 6.53. The van der Waals surface area contributed by atoms with Gasteiger partial charge in [-0.2, -0.15) is 0 Å². The third-order valence-electron chi connectivity index (χ3n) is 3.13. The number of rotatable bonds is 4. The number of ether oxygens (including phenoxy) is 1. The van der Waals surface area contributed by atoms with E-state index in [-0.39, 0.29) is 6.61 Å². The fraction of sp³-hybridized carbons (Fsp3) is 0.125. The van der Waals surface area contributed by atoms with Crippen LogP contribution in [0.3, 0.4) is 0 Å². The number of pyridine rings is 1. The van der Waals surface area contributed by atoms with E-state index in [1.807, 2.05) is 12.1 Å². The number of aromatic nitrogens is 3. The summed E-state index contributed by atoms with van der Waals surface area (Å²) in [7, 11) is 0. The molecule has 1 aromatic carbocycles. The van der Waals surface area contributed by atoms with Gasteiger partial charge in [0.15, 0.2) is 4.90 Å². The Hall–Kier alpha value is -2.49. The third-order valence-corrected chi connectivity index (χ3v) is 4.08. The second-order valence-electron chi connectivity index (χ2n) is 4.58. The highest BCUT2D eigenvalue weighted by Gasteiger charge is 2.18. The van der Waals surface area contributed by atoms with E-state index in [0.717, 1.165) is 16.6 Å². The number of terminal acetylenes is 1. The lowest BCUT2D eigenvalue weighted by Gasteiger charge is -2.11. The largest absolute Gasteiger partial charge is 0.612 e. The second-order valence-corrected chi connectivity index (χ2v) is 5.93. The van der Waals surface area contributed by atoms with Crippen molar-refractivity contribution in [3.63, 3.8) is 0 Å². The van der Waals surface area contributed by atoms with Gasteiger partial charge in [0.2, 0.25) is 0 Å². The van der Waals surface area contributed by atoms with Crippen molar-refractivity contribution >= 4 is 22.2 Å². The van der Waals surface area contributed by atoms with Crippen LogP contribution in [0.15, 0.2) is 41.6 Å². The number of hydrogen-bond acceptors (Lipinski definition) is 4. The Morgan fingerprint density at radius 2 is 2.27 bits per heavy atom. The monoisotopic (exact) mass is 311 g/mol. The number of nitrogens with one attached hydrogen (secondary N) is 1. The molecule has 0 saturated carbocycles. The molecule has 1 unspecified atom stereocenters. The molecule has 22 heavy (non-hydrogen) atoms. The third kappa shape index (κ3) is 2.77. The van der Waals surface area contributed by atoms with Crippen molar-refractivity contribution in [1.29, 1.82) is 0 Å². The van der Waals surface area contributed by atoms with Crippen molar-refractivity contribution in [3.05, 3.63) is 36.7 Å². The highest BCUT2D eigenvalue weighted by molar-refractivity contribution is 7.90. The highest BCUT2D eigenvalue weighted by Crippen LogP contribution is 2.30. The molecule has 0 aliphatic carbocycles. The maximum atomic E-state index is 12.0. The van der Waals surface area contributed by atoms with E-state index >= 15 is 0 Å². The summed E-state index contributed by atoms with van der Waals surface area (Å²) < 4.78 is 17.4. The zero-order chi connectivity index (χ0) is 15.5. The molecule has 0 fully saturated rings. The number of H-pyrrole nitrogens is 1. The molecule has 3 rings (SSSR count). The van der Waals surface area contributed by atoms with Crippen LogP contribution in [0, 0.1) is 12.3 Å². The van der Waals surface area contributed by atoms with E-state index < -0.39 is 11.2 Å². The summed E-state index contributed by atoms with van der Waals surface area (Å²) >= 11 is -1.19. The average Bonchev–Trinajstić information content (AvgIpc) is 2.96. The summed E-state index contributed by atoms with van der Waals surface area (Å²) in [5.74, 6) is 3.64. The Bertz CT molecular complexity index is 819. The van der Waals surface area contributed by atoms with Crippen molar-refractivity contribution in [3.8, 4) is 29.5 Å². The van der Waals surface area contributed by atoms with Gasteiger partial charge in [0, 0.05) is 12.3 Å². The van der Waals surface area contributed by atoms with Crippen LogP contribution in [-0.4, -0.2) is 32.4 Å². The molecule has 0 spiro atoms. The van der Waals surface area contributed by atoms with Gasteiger partial charge in [0.1, 0.15) is 30.0 Å². The molecule has 6 heteroatoms. The van der Waals surface area contributed by atoms with Crippen molar-refractivity contribution in [1.82, 2.24) is 15.0 Å². The normalized spacial score (nSPS) is 12.0. The molecule has 3 aromatic rings. The smallest absolute Gasteiger partial charge is 0.167 e. The first kappa shape index (κ1) is 14.4. The molecule has 0 saturated heterocycles. The van der Waals surface area contributed by atoms with Crippen LogP contribution in [0.25, 0.3) is 22.4 Å². The van der Waals surface area contributed by atoms with Gasteiger partial charge in [0.05, 0.1) is 17.3 Å². The van der Waals surface area contributed by atoms with Gasteiger partial charge in [-0.15, -0.1) is 6.42 Å². The van der Waals surface area contributed by atoms with Crippen molar-refractivity contribution in [2.45, 2.75) is 4.90 Å². The van der Waals surface area contributed by atoms with Crippen LogP contribution in [-0.2, 0) is 11.2 Å². The van der Waals surface area contributed by atoms with E-state index in [0.29, 0.717) is 16.5 Å². The van der Waals surface area contributed by atoms with Crippen molar-refractivity contribution < 1.29 is 9.29 Å². The molecule has 1 atom stereocenters. The minimum absolute atomic E-state index is 0.172. The van der Waals surface area contributed by atoms with Gasteiger partial charge in [-0.25, -0.2) is 4.98 Å². The summed E-state index contributed by atoms with van der Waals surface area (Å²) in [6.07, 6.45) is 10.2. The number of aromatic amines is 1. The molecule has 2 heterocycles. The van der Waals surface area contributed by atoms with Crippen LogP contribution < -0.4 is 4.74 Å². The van der Waals surface area contributed by atoms with Gasteiger partial charge in [-0.3, -0.25) is 4.98 Å². The standard InChI is InChI=1S/C16H13N3O2S/c1-3-8-21-11-4-5-12(15(9-11)22(2)20)16-18-13-6-7-17-10-14(13)19-16/h1,4-7,9-10H,8H2,2H3,(H,18,19). The highest BCUT2D eigenvalue weighted by atomic mass is 32.2. The van der Waals surface area contributed by atoms with Crippen molar-refractivity contribution in [2.75, 3.05) is 12.9 Å². The van der Waals surface area contributed by atoms with Crippen LogP contribution in [0.1, 0.15) is 0 Å². The van der Waals surface area contributed by atoms with Crippen LogP contribution in [0.2, 0.25) is 0 Å². The topological polar surface area (TPSA) is 73.9 Å². The van der Waals surface area contributed by atoms with E-state index in [2.05, 4.69) is 20.9 Å². The number of imidazole rings is 1. The summed E-state index contributed by atoms with van der Waals surface area (Å²) in [6, 6.07) is 7.19. The minimum atomic E-state index is -1.19. The van der Waals surface area contributed by atoms with E-state index in [1.165, 1.54) is 0 Å². The predicted molar refractivity (Wildman–Crippen MR) is 86.0 cm³/mol. The molecule has 110 valence electrons. The quantitative estimate of drug-likeness (QED) is 0.593. The Labute approximate surface area is 130 Å². The summed E-state index contributed by atoms with van der Waals surface area (Å²) in [6.45, 7) is 0.172. The molecule has 0 amide bonds. The molecule has 1 N–H and O–H groups in total. The van der Waals surface area contributed by atoms with Crippen LogP contribution >= 0.6 is 0 Å². The molecular weight excluding hydrogens is 298 g/mol. The number of fused-ring (bicyclic) bond motifs is 1. The molecule has 0 radical (unpaired) electrons. The van der Waals surface area contributed by atoms with Gasteiger partial charge in [0.25, 0.3) is 0 Å². The molecule has 5 nitrogen and oxygen atoms in total. The Morgan fingerprint density at radius 1 is 1.41 bits per heavy atom. The fourth-order valence-corrected chi connectivity index (χ4v) is 2.89. The minimum Gasteiger partial charge on any atom is -0.612 e. The summed E-state index contributed by atoms with van der Waals surface area (Å²) in [5, 5.41) is 0. The molecule has 0 aliphatic heterocycles. The number of nitrogens with zero attached hydrogens (tertiary/aromatic N) is 2. The lowest BCUT2D eigenvalue weighted by Crippen LogP contribution is -2.02. The van der Waals surface area contributed by atoms with E-state index in [9.17, 15) is 4.55 Å². The zero-order valence-corrected chi connectivity index (χ0v) is 12.7. The molecule has 2 aromatic heterocycles. The summed E-state index contributed by atoms with van der Waals surface area (Å²) in [5.41, 5.74) is 2.41. The van der Waals surface area contributed by atoms with E-state index in [1.54, 1.807) is 30.8 Å². The molecule has 0 aliphatic rings. The Kier molecular flexibility index (Phi) is 4.00. The fourth-order valence-electron chi connectivity index (χ4n) is 2.14. The maximum absolute atomic E-state index is 12.0. The Balaban J connectivity index is 2.07. The van der Waals surface area contributed by atoms with Crippen LogP contribution in [0.4, 0.5) is 0 Å². The van der Waals surface area contributed by atoms with Gasteiger partial charge < -0.3 is 14.3 Å².